The van der Waals surface area contributed by atoms with Crippen molar-refractivity contribution in [3.8, 4) is 28.7 Å². The number of carbonyl (C=O) groups excluding carboxylic acids is 7. The fourth-order valence-electron chi connectivity index (χ4n) is 9.96. The number of allylic oxidation sites excluding steroid dienone is 3. The molecule has 1 unspecified atom stereocenters. The van der Waals surface area contributed by atoms with Gasteiger partial charge in [0.2, 0.25) is 17.7 Å². The molecular weight excluding hydrogens is 1200 g/mol. The molecular formula is C77H106N4O14. The number of alkyl carbamates (subject to hydrolysis) is 1. The van der Waals surface area contributed by atoms with E-state index in [1.807, 2.05) is 92.7 Å². The minimum Gasteiger partial charge on any atom is -0.508 e. The van der Waals surface area contributed by atoms with Gasteiger partial charge in [-0.15, -0.1) is 0 Å². The maximum absolute atomic E-state index is 13.0. The van der Waals surface area contributed by atoms with Crippen LogP contribution in [0.4, 0.5) is 4.79 Å². The number of ether oxygens (including phenoxy) is 5. The van der Waals surface area contributed by atoms with Gasteiger partial charge in [-0.2, -0.15) is 0 Å². The number of hydrogen-bond donors (Lipinski definition) is 6. The number of methoxy groups -OCH3 is 2. The number of aromatic hydroxyl groups is 2. The van der Waals surface area contributed by atoms with Gasteiger partial charge in [0.05, 0.1) is 26.6 Å². The number of benzene rings is 5. The molecule has 0 spiro atoms. The van der Waals surface area contributed by atoms with Crippen LogP contribution >= 0.6 is 0 Å². The second-order valence-corrected chi connectivity index (χ2v) is 25.9. The number of aryl methyl sites for hydroxylation is 3. The van der Waals surface area contributed by atoms with Crippen LogP contribution in [0.5, 0.6) is 28.7 Å². The minimum atomic E-state index is -0.728. The zero-order chi connectivity index (χ0) is 71.1. The minimum absolute atomic E-state index is 0.0252. The van der Waals surface area contributed by atoms with Gasteiger partial charge in [-0.1, -0.05) is 140 Å². The Balaban J connectivity index is 0.000000372. The first-order chi connectivity index (χ1) is 44.8. The highest BCUT2D eigenvalue weighted by Crippen LogP contribution is 2.28. The first kappa shape index (κ1) is 80.3. The zero-order valence-electron chi connectivity index (χ0n) is 59.4. The van der Waals surface area contributed by atoms with E-state index in [9.17, 15) is 43.8 Å². The number of ketones is 1. The number of nitrogens with one attached hydrogen (secondary N) is 4. The molecule has 0 bridgehead atoms. The number of phenolic OH excluding ortho intramolecular Hbond substituents is 2. The van der Waals surface area contributed by atoms with Gasteiger partial charge < -0.3 is 55.2 Å². The van der Waals surface area contributed by atoms with Crippen molar-refractivity contribution in [3.05, 3.63) is 170 Å². The van der Waals surface area contributed by atoms with Gasteiger partial charge in [-0.25, -0.2) is 4.79 Å². The Kier molecular flexibility index (Phi) is 34.7. The monoisotopic (exact) mass is 1310 g/mol. The third-order valence-electron chi connectivity index (χ3n) is 15.9. The molecule has 6 N–H and O–H groups in total. The fourth-order valence-corrected chi connectivity index (χ4v) is 9.96. The van der Waals surface area contributed by atoms with Crippen molar-refractivity contribution in [1.29, 1.82) is 0 Å². The SMILES string of the molecule is CC(=O)Oc1ccc(COC(=O)C[C@H](C(=O)NCc2ccc(O)c(C)c2)C(C)C)cc1C.COc1cc(CNC(=O)[C@@H](CC(=O)C(C)c2ccc(CC(C)C)cc2)C(C)C)ccc1C.COc1cc(CNC(=O)[C@@H](NC(=O)OC/C=C(\C)CCC=C(C)C)C(C)C)ccc1O. The highest BCUT2D eigenvalue weighted by Gasteiger charge is 2.29. The zero-order valence-corrected chi connectivity index (χ0v) is 59.4. The van der Waals surface area contributed by atoms with Gasteiger partial charge in [-0.05, 0) is 177 Å². The van der Waals surface area contributed by atoms with Crippen molar-refractivity contribution in [2.75, 3.05) is 20.8 Å². The Morgan fingerprint density at radius 1 is 0.516 bits per heavy atom. The number of rotatable bonds is 31. The summed E-state index contributed by atoms with van der Waals surface area (Å²) in [6.07, 6.45) is 6.54. The van der Waals surface area contributed by atoms with Crippen LogP contribution in [0.25, 0.3) is 0 Å². The standard InChI is InChI=1S/C28H39NO3.C25H31NO6.C24H36N2O5/c1-18(2)14-22-10-12-24(13-11-22)21(6)26(30)16-25(19(3)4)28(31)29-17-23-9-8-20(5)27(15-23)32-7;1-15(2)21(25(30)26-13-19-6-8-22(28)16(3)10-19)12-24(29)31-14-20-7-9-23(17(4)11-20)32-18(5)27;1-16(2)8-7-9-18(5)12-13-31-24(29)26-22(17(3)4)23(28)25-15-19-10-11-20(27)21(14-19)30-6/h8-13,15,18-19,21,25H,14,16-17H2,1-7H3,(H,29,31);6-11,15,21,28H,12-14H2,1-5H3,(H,26,30);8,10-12,14,17,22,27H,7,9,13,15H2,1-6H3,(H,25,28)(H,26,29)/b;;18-12+/t21?,25-;21-;22-/m000/s1. The number of phenols is 2. The lowest BCUT2D eigenvalue weighted by Gasteiger charge is -2.22. The summed E-state index contributed by atoms with van der Waals surface area (Å²) < 4.78 is 26.1. The third-order valence-corrected chi connectivity index (χ3v) is 15.9. The van der Waals surface area contributed by atoms with Crippen LogP contribution in [0, 0.1) is 56.3 Å². The van der Waals surface area contributed by atoms with E-state index in [1.165, 1.54) is 31.2 Å². The van der Waals surface area contributed by atoms with E-state index in [2.05, 4.69) is 79.3 Å². The van der Waals surface area contributed by atoms with E-state index < -0.39 is 30.0 Å². The topological polar surface area (TPSA) is 254 Å². The molecule has 0 aromatic heterocycles. The van der Waals surface area contributed by atoms with Crippen LogP contribution in [0.1, 0.15) is 172 Å². The first-order valence-corrected chi connectivity index (χ1v) is 32.7. The molecule has 0 saturated heterocycles. The molecule has 18 heteroatoms. The highest BCUT2D eigenvalue weighted by molar-refractivity contribution is 5.91. The second-order valence-electron chi connectivity index (χ2n) is 25.9. The summed E-state index contributed by atoms with van der Waals surface area (Å²) in [7, 11) is 3.10. The van der Waals surface area contributed by atoms with Crippen molar-refractivity contribution < 1.29 is 67.5 Å². The van der Waals surface area contributed by atoms with Gasteiger partial charge in [-0.3, -0.25) is 28.8 Å². The molecule has 0 aliphatic rings. The van der Waals surface area contributed by atoms with Crippen molar-refractivity contribution >= 4 is 41.5 Å². The molecule has 5 aromatic rings. The summed E-state index contributed by atoms with van der Waals surface area (Å²) in [5, 5.41) is 30.6. The van der Waals surface area contributed by atoms with E-state index in [-0.39, 0.29) is 97.2 Å². The van der Waals surface area contributed by atoms with Gasteiger partial charge in [0.25, 0.3) is 0 Å². The maximum atomic E-state index is 13.0. The Labute approximate surface area is 564 Å². The lowest BCUT2D eigenvalue weighted by molar-refractivity contribution is -0.148. The lowest BCUT2D eigenvalue weighted by atomic mass is 9.84. The maximum Gasteiger partial charge on any atom is 0.408 e. The van der Waals surface area contributed by atoms with E-state index >= 15 is 0 Å². The summed E-state index contributed by atoms with van der Waals surface area (Å²) in [5.41, 5.74) is 10.7. The smallest absolute Gasteiger partial charge is 0.408 e. The summed E-state index contributed by atoms with van der Waals surface area (Å²) in [5.74, 6) is -0.0990. The highest BCUT2D eigenvalue weighted by atomic mass is 16.6. The van der Waals surface area contributed by atoms with Crippen LogP contribution in [-0.4, -0.2) is 78.6 Å². The molecule has 0 fully saturated rings. The Morgan fingerprint density at radius 3 is 1.56 bits per heavy atom. The van der Waals surface area contributed by atoms with E-state index in [0.29, 0.717) is 30.5 Å². The van der Waals surface area contributed by atoms with Gasteiger partial charge in [0.15, 0.2) is 11.5 Å². The molecule has 18 nitrogen and oxygen atoms in total. The quantitative estimate of drug-likeness (QED) is 0.0137. The van der Waals surface area contributed by atoms with Crippen LogP contribution in [0.3, 0.4) is 0 Å². The molecule has 0 saturated carbocycles. The fraction of sp³-hybridized carbons (Fsp3) is 0.468. The summed E-state index contributed by atoms with van der Waals surface area (Å²) >= 11 is 0. The third kappa shape index (κ3) is 29.5. The summed E-state index contributed by atoms with van der Waals surface area (Å²) in [6, 6.07) is 28.7. The van der Waals surface area contributed by atoms with Crippen molar-refractivity contribution in [3.63, 3.8) is 0 Å². The van der Waals surface area contributed by atoms with Crippen LogP contribution in [0.15, 0.2) is 120 Å². The molecule has 5 rings (SSSR count). The number of esters is 2. The van der Waals surface area contributed by atoms with Gasteiger partial charge >= 0.3 is 18.0 Å². The average molecular weight is 1310 g/mol. The Morgan fingerprint density at radius 2 is 1.03 bits per heavy atom. The molecule has 95 heavy (non-hydrogen) atoms. The largest absolute Gasteiger partial charge is 0.508 e. The van der Waals surface area contributed by atoms with Crippen molar-refractivity contribution in [2.45, 2.75) is 181 Å². The predicted molar refractivity (Wildman–Crippen MR) is 373 cm³/mol. The average Bonchev–Trinajstić information content (AvgIpc) is 1.06. The van der Waals surface area contributed by atoms with Gasteiger partial charge in [0, 0.05) is 44.8 Å². The molecule has 5 aromatic carbocycles. The molecule has 4 atom stereocenters. The van der Waals surface area contributed by atoms with E-state index in [4.69, 9.17) is 23.7 Å². The molecule has 0 heterocycles. The van der Waals surface area contributed by atoms with Crippen molar-refractivity contribution in [1.82, 2.24) is 21.3 Å². The van der Waals surface area contributed by atoms with E-state index in [0.717, 1.165) is 75.1 Å². The second kappa shape index (κ2) is 41.0. The van der Waals surface area contributed by atoms with Crippen molar-refractivity contribution in [2.24, 2.45) is 35.5 Å². The molecule has 4 amide bonds. The summed E-state index contributed by atoms with van der Waals surface area (Å²) in [6.45, 7) is 32.1. The number of hydrogen-bond acceptors (Lipinski definition) is 14. The lowest BCUT2D eigenvalue weighted by Crippen LogP contribution is -2.49. The van der Waals surface area contributed by atoms with Crippen LogP contribution in [-0.2, 0) is 70.9 Å². The van der Waals surface area contributed by atoms with Gasteiger partial charge in [0.1, 0.15) is 42.3 Å². The molecule has 0 aliphatic heterocycles. The Bertz CT molecular complexity index is 3380. The van der Waals surface area contributed by atoms with Crippen LogP contribution < -0.4 is 35.5 Å². The van der Waals surface area contributed by atoms with E-state index in [1.54, 1.807) is 63.4 Å². The number of carbonyl (C=O) groups is 7. The molecule has 0 radical (unpaired) electrons. The number of amides is 4. The normalized spacial score (nSPS) is 12.3. The molecule has 0 aliphatic carbocycles. The first-order valence-electron chi connectivity index (χ1n) is 32.7. The Hall–Kier alpha value is -8.93. The molecule has 518 valence electrons. The summed E-state index contributed by atoms with van der Waals surface area (Å²) in [4.78, 5) is 86.9. The predicted octanol–water partition coefficient (Wildman–Crippen LogP) is 14.3. The van der Waals surface area contributed by atoms with Crippen LogP contribution in [0.2, 0.25) is 0 Å². The number of Topliss-reactive ketones (excluding diaryl/α,β-unsaturated/α-hetero) is 1.